The molecule has 0 bridgehead atoms. The average Bonchev–Trinajstić information content (AvgIpc) is 2.71. The molecule has 0 radical (unpaired) electrons. The van der Waals surface area contributed by atoms with Gasteiger partial charge in [0.2, 0.25) is 0 Å². The number of nitrogens with two attached hydrogens (primary N) is 1. The zero-order chi connectivity index (χ0) is 9.26. The lowest BCUT2D eigenvalue weighted by Gasteiger charge is -2.00. The fraction of sp³-hybridized carbons (Fsp3) is 0.250. The van der Waals surface area contributed by atoms with Crippen molar-refractivity contribution in [2.45, 2.75) is 13.5 Å². The van der Waals surface area contributed by atoms with Gasteiger partial charge in [0.15, 0.2) is 0 Å². The SMILES string of the molecule is CCn1nccc1-c1cc(N)n[nH]1. The molecular weight excluding hydrogens is 166 g/mol. The molecule has 2 aromatic heterocycles. The summed E-state index contributed by atoms with van der Waals surface area (Å²) in [5, 5.41) is 10.9. The predicted octanol–water partition coefficient (Wildman–Crippen LogP) is 0.875. The Morgan fingerprint density at radius 1 is 1.62 bits per heavy atom. The molecule has 0 fully saturated rings. The molecule has 0 atom stereocenters. The van der Waals surface area contributed by atoms with Gasteiger partial charge >= 0.3 is 0 Å². The zero-order valence-corrected chi connectivity index (χ0v) is 7.36. The van der Waals surface area contributed by atoms with Gasteiger partial charge in [0.1, 0.15) is 5.82 Å². The van der Waals surface area contributed by atoms with E-state index in [-0.39, 0.29) is 0 Å². The largest absolute Gasteiger partial charge is 0.382 e. The van der Waals surface area contributed by atoms with E-state index in [4.69, 9.17) is 5.73 Å². The van der Waals surface area contributed by atoms with Crippen molar-refractivity contribution in [1.82, 2.24) is 20.0 Å². The quantitative estimate of drug-likeness (QED) is 0.715. The maximum Gasteiger partial charge on any atom is 0.145 e. The van der Waals surface area contributed by atoms with Crippen molar-refractivity contribution < 1.29 is 0 Å². The van der Waals surface area contributed by atoms with Crippen LogP contribution < -0.4 is 5.73 Å². The number of nitrogens with zero attached hydrogens (tertiary/aromatic N) is 3. The second-order valence-corrected chi connectivity index (χ2v) is 2.74. The molecule has 2 heterocycles. The van der Waals surface area contributed by atoms with Crippen LogP contribution in [0.15, 0.2) is 18.3 Å². The van der Waals surface area contributed by atoms with Crippen molar-refractivity contribution in [1.29, 1.82) is 0 Å². The van der Waals surface area contributed by atoms with Crippen LogP contribution in [-0.4, -0.2) is 20.0 Å². The molecule has 2 aromatic rings. The van der Waals surface area contributed by atoms with Gasteiger partial charge in [-0.15, -0.1) is 0 Å². The van der Waals surface area contributed by atoms with E-state index in [1.807, 2.05) is 17.7 Å². The lowest BCUT2D eigenvalue weighted by Crippen LogP contribution is -1.98. The highest BCUT2D eigenvalue weighted by molar-refractivity contribution is 5.57. The van der Waals surface area contributed by atoms with Gasteiger partial charge < -0.3 is 5.73 Å². The third-order valence-corrected chi connectivity index (χ3v) is 1.89. The number of H-pyrrole nitrogens is 1. The standard InChI is InChI=1S/C8H11N5/c1-2-13-7(3-4-10-13)6-5-8(9)12-11-6/h3-5H,2H2,1H3,(H3,9,11,12). The second-order valence-electron chi connectivity index (χ2n) is 2.74. The summed E-state index contributed by atoms with van der Waals surface area (Å²) >= 11 is 0. The summed E-state index contributed by atoms with van der Waals surface area (Å²) in [6.07, 6.45) is 1.76. The lowest BCUT2D eigenvalue weighted by molar-refractivity contribution is 0.665. The molecule has 0 aliphatic rings. The van der Waals surface area contributed by atoms with Crippen LogP contribution >= 0.6 is 0 Å². The molecule has 5 heteroatoms. The van der Waals surface area contributed by atoms with Crippen LogP contribution in [0.4, 0.5) is 5.82 Å². The highest BCUT2D eigenvalue weighted by Gasteiger charge is 2.05. The first kappa shape index (κ1) is 7.85. The van der Waals surface area contributed by atoms with Crippen molar-refractivity contribution in [2.75, 3.05) is 5.73 Å². The van der Waals surface area contributed by atoms with Crippen molar-refractivity contribution in [3.63, 3.8) is 0 Å². The monoisotopic (exact) mass is 177 g/mol. The van der Waals surface area contributed by atoms with Gasteiger partial charge in [-0.25, -0.2) is 0 Å². The Labute approximate surface area is 75.6 Å². The summed E-state index contributed by atoms with van der Waals surface area (Å²) in [6, 6.07) is 3.72. The van der Waals surface area contributed by atoms with Crippen LogP contribution in [-0.2, 0) is 6.54 Å². The smallest absolute Gasteiger partial charge is 0.145 e. The van der Waals surface area contributed by atoms with E-state index in [0.29, 0.717) is 5.82 Å². The summed E-state index contributed by atoms with van der Waals surface area (Å²) in [7, 11) is 0. The van der Waals surface area contributed by atoms with Crippen LogP contribution in [0, 0.1) is 0 Å². The van der Waals surface area contributed by atoms with Gasteiger partial charge in [-0.3, -0.25) is 9.78 Å². The molecule has 0 aromatic carbocycles. The van der Waals surface area contributed by atoms with Gasteiger partial charge in [0.05, 0.1) is 11.4 Å². The maximum absolute atomic E-state index is 5.50. The van der Waals surface area contributed by atoms with E-state index in [2.05, 4.69) is 15.3 Å². The molecule has 0 aliphatic heterocycles. The summed E-state index contributed by atoms with van der Waals surface area (Å²) in [4.78, 5) is 0. The minimum atomic E-state index is 0.499. The molecule has 5 nitrogen and oxygen atoms in total. The summed E-state index contributed by atoms with van der Waals surface area (Å²) in [5.74, 6) is 0.499. The average molecular weight is 177 g/mol. The maximum atomic E-state index is 5.50. The Morgan fingerprint density at radius 3 is 3.08 bits per heavy atom. The number of nitrogens with one attached hydrogen (secondary N) is 1. The number of rotatable bonds is 2. The van der Waals surface area contributed by atoms with Gasteiger partial charge in [0, 0.05) is 18.8 Å². The van der Waals surface area contributed by atoms with Crippen LogP contribution in [0.1, 0.15) is 6.92 Å². The van der Waals surface area contributed by atoms with E-state index in [1.165, 1.54) is 0 Å². The first-order chi connectivity index (χ1) is 6.31. The predicted molar refractivity (Wildman–Crippen MR) is 49.9 cm³/mol. The first-order valence-corrected chi connectivity index (χ1v) is 4.14. The summed E-state index contributed by atoms with van der Waals surface area (Å²) in [6.45, 7) is 2.87. The number of hydrogen-bond acceptors (Lipinski definition) is 3. The van der Waals surface area contributed by atoms with Crippen molar-refractivity contribution in [3.8, 4) is 11.4 Å². The van der Waals surface area contributed by atoms with Crippen LogP contribution in [0.25, 0.3) is 11.4 Å². The fourth-order valence-electron chi connectivity index (χ4n) is 1.28. The topological polar surface area (TPSA) is 72.5 Å². The molecule has 68 valence electrons. The fourth-order valence-corrected chi connectivity index (χ4v) is 1.28. The lowest BCUT2D eigenvalue weighted by atomic mass is 10.3. The van der Waals surface area contributed by atoms with Crippen LogP contribution in [0.2, 0.25) is 0 Å². The Balaban J connectivity index is 2.45. The molecule has 0 spiro atoms. The van der Waals surface area contributed by atoms with Gasteiger partial charge in [-0.2, -0.15) is 10.2 Å². The van der Waals surface area contributed by atoms with Crippen LogP contribution in [0.3, 0.4) is 0 Å². The van der Waals surface area contributed by atoms with E-state index in [9.17, 15) is 0 Å². The molecule has 0 saturated heterocycles. The molecule has 0 saturated carbocycles. The highest BCUT2D eigenvalue weighted by atomic mass is 15.3. The normalized spacial score (nSPS) is 10.5. The summed E-state index contributed by atoms with van der Waals surface area (Å²) < 4.78 is 1.88. The minimum absolute atomic E-state index is 0.499. The Bertz CT molecular complexity index is 400. The van der Waals surface area contributed by atoms with Crippen LogP contribution in [0.5, 0.6) is 0 Å². The van der Waals surface area contributed by atoms with Gasteiger partial charge in [-0.05, 0) is 13.0 Å². The third-order valence-electron chi connectivity index (χ3n) is 1.89. The highest BCUT2D eigenvalue weighted by Crippen LogP contribution is 2.17. The molecule has 0 amide bonds. The Hall–Kier alpha value is -1.78. The number of nitrogen functional groups attached to an aromatic ring is 1. The second kappa shape index (κ2) is 2.93. The molecule has 0 unspecified atom stereocenters. The number of hydrogen-bond donors (Lipinski definition) is 2. The van der Waals surface area contributed by atoms with Gasteiger partial charge in [-0.1, -0.05) is 0 Å². The van der Waals surface area contributed by atoms with Crippen molar-refractivity contribution in [2.24, 2.45) is 0 Å². The molecule has 0 aliphatic carbocycles. The molecular formula is C8H11N5. The van der Waals surface area contributed by atoms with Crippen molar-refractivity contribution in [3.05, 3.63) is 18.3 Å². The third kappa shape index (κ3) is 1.28. The summed E-state index contributed by atoms with van der Waals surface area (Å²) in [5.41, 5.74) is 7.41. The van der Waals surface area contributed by atoms with Crippen molar-refractivity contribution >= 4 is 5.82 Å². The first-order valence-electron chi connectivity index (χ1n) is 4.14. The molecule has 13 heavy (non-hydrogen) atoms. The number of aryl methyl sites for hydroxylation is 1. The van der Waals surface area contributed by atoms with E-state index in [1.54, 1.807) is 12.3 Å². The number of aromatic amines is 1. The van der Waals surface area contributed by atoms with Gasteiger partial charge in [0.25, 0.3) is 0 Å². The van der Waals surface area contributed by atoms with E-state index in [0.717, 1.165) is 17.9 Å². The molecule has 2 rings (SSSR count). The Kier molecular flexibility index (Phi) is 1.77. The minimum Gasteiger partial charge on any atom is -0.382 e. The Morgan fingerprint density at radius 2 is 2.46 bits per heavy atom. The number of aromatic nitrogens is 4. The molecule has 3 N–H and O–H groups in total. The van der Waals surface area contributed by atoms with E-state index >= 15 is 0 Å². The van der Waals surface area contributed by atoms with E-state index < -0.39 is 0 Å². The zero-order valence-electron chi connectivity index (χ0n) is 7.36. The number of anilines is 1.